The molecule has 1 N–H and O–H groups in total. The van der Waals surface area contributed by atoms with E-state index in [1.807, 2.05) is 6.07 Å². The second kappa shape index (κ2) is 9.64. The van der Waals surface area contributed by atoms with Gasteiger partial charge in [0.1, 0.15) is 5.75 Å². The van der Waals surface area contributed by atoms with Crippen molar-refractivity contribution >= 4 is 23.6 Å². The molecule has 2 aromatic carbocycles. The van der Waals surface area contributed by atoms with Gasteiger partial charge in [0.25, 0.3) is 5.91 Å². The van der Waals surface area contributed by atoms with Crippen molar-refractivity contribution in [3.63, 3.8) is 0 Å². The topological polar surface area (TPSA) is 83.1 Å². The van der Waals surface area contributed by atoms with Gasteiger partial charge in [-0.15, -0.1) is 0 Å². The highest BCUT2D eigenvalue weighted by atomic mass is 16.5. The van der Waals surface area contributed by atoms with Crippen molar-refractivity contribution in [1.29, 1.82) is 0 Å². The van der Waals surface area contributed by atoms with E-state index in [9.17, 15) is 9.59 Å². The molecule has 1 amide bonds. The van der Waals surface area contributed by atoms with Crippen LogP contribution >= 0.6 is 0 Å². The zero-order chi connectivity index (χ0) is 20.6. The molecule has 0 fully saturated rings. The molecule has 1 aliphatic heterocycles. The van der Waals surface area contributed by atoms with Crippen molar-refractivity contribution in [1.82, 2.24) is 0 Å². The highest BCUT2D eigenvalue weighted by molar-refractivity contribution is 5.96. The van der Waals surface area contributed by atoms with E-state index < -0.39 is 18.0 Å². The van der Waals surface area contributed by atoms with Crippen LogP contribution in [0.5, 0.6) is 17.2 Å². The monoisotopic (exact) mass is 397 g/mol. The second-order valence-corrected chi connectivity index (χ2v) is 6.39. The predicted molar refractivity (Wildman–Crippen MR) is 108 cm³/mol. The van der Waals surface area contributed by atoms with Gasteiger partial charge in [0.2, 0.25) is 0 Å². The molecule has 0 radical (unpaired) electrons. The van der Waals surface area contributed by atoms with Crippen LogP contribution in [0.3, 0.4) is 0 Å². The normalized spacial score (nSPS) is 14.0. The third-order valence-corrected chi connectivity index (χ3v) is 4.20. The summed E-state index contributed by atoms with van der Waals surface area (Å²) in [6.07, 6.45) is 2.75. The van der Waals surface area contributed by atoms with E-state index >= 15 is 0 Å². The molecule has 0 spiro atoms. The number of hydrogen-bond acceptors (Lipinski definition) is 6. The molecule has 0 unspecified atom stereocenters. The van der Waals surface area contributed by atoms with E-state index in [4.69, 9.17) is 18.9 Å². The number of anilines is 1. The van der Waals surface area contributed by atoms with E-state index in [2.05, 4.69) is 5.32 Å². The summed E-state index contributed by atoms with van der Waals surface area (Å²) < 4.78 is 21.4. The van der Waals surface area contributed by atoms with Crippen molar-refractivity contribution in [2.24, 2.45) is 0 Å². The van der Waals surface area contributed by atoms with Crippen molar-refractivity contribution in [2.75, 3.05) is 25.6 Å². The molecule has 7 nitrogen and oxygen atoms in total. The summed E-state index contributed by atoms with van der Waals surface area (Å²) in [5.74, 6) is 0.973. The number of rotatable bonds is 6. The van der Waals surface area contributed by atoms with Crippen molar-refractivity contribution in [3.05, 3.63) is 54.1 Å². The van der Waals surface area contributed by atoms with Crippen LogP contribution in [0.2, 0.25) is 0 Å². The first-order valence-corrected chi connectivity index (χ1v) is 9.28. The lowest BCUT2D eigenvalue weighted by Crippen LogP contribution is -2.29. The molecule has 0 aliphatic carbocycles. The smallest absolute Gasteiger partial charge is 0.331 e. The zero-order valence-corrected chi connectivity index (χ0v) is 16.3. The summed E-state index contributed by atoms with van der Waals surface area (Å²) in [5.41, 5.74) is 1.35. The Hall–Kier alpha value is -3.48. The summed E-state index contributed by atoms with van der Waals surface area (Å²) in [6, 6.07) is 12.3. The lowest BCUT2D eigenvalue weighted by Gasteiger charge is -2.12. The summed E-state index contributed by atoms with van der Waals surface area (Å²) in [4.78, 5) is 24.2. The number of carbonyl (C=O) groups excluding carboxylic acids is 2. The molecular weight excluding hydrogens is 374 g/mol. The number of benzene rings is 2. The number of hydrogen-bond donors (Lipinski definition) is 1. The number of ether oxygens (including phenoxy) is 4. The molecule has 1 atom stereocenters. The molecule has 0 bridgehead atoms. The summed E-state index contributed by atoms with van der Waals surface area (Å²) in [5, 5.41) is 2.69. The maximum atomic E-state index is 12.2. The third-order valence-electron chi connectivity index (χ3n) is 4.20. The van der Waals surface area contributed by atoms with E-state index in [0.717, 1.165) is 12.0 Å². The first kappa shape index (κ1) is 20.3. The largest absolute Gasteiger partial charge is 0.497 e. The Morgan fingerprint density at radius 3 is 2.52 bits per heavy atom. The van der Waals surface area contributed by atoms with Crippen LogP contribution in [0.1, 0.15) is 18.9 Å². The van der Waals surface area contributed by atoms with Crippen LogP contribution in [0.4, 0.5) is 5.69 Å². The van der Waals surface area contributed by atoms with Crippen LogP contribution in [0.25, 0.3) is 6.08 Å². The fourth-order valence-electron chi connectivity index (χ4n) is 2.63. The Morgan fingerprint density at radius 1 is 1.07 bits per heavy atom. The molecule has 152 valence electrons. The fourth-order valence-corrected chi connectivity index (χ4v) is 2.63. The first-order chi connectivity index (χ1) is 14.0. The highest BCUT2D eigenvalue weighted by Gasteiger charge is 2.17. The first-order valence-electron chi connectivity index (χ1n) is 9.28. The van der Waals surface area contributed by atoms with Crippen LogP contribution in [-0.2, 0) is 14.3 Å². The Labute approximate surface area is 169 Å². The van der Waals surface area contributed by atoms with Gasteiger partial charge in [-0.1, -0.05) is 6.07 Å². The van der Waals surface area contributed by atoms with Gasteiger partial charge >= 0.3 is 5.97 Å². The molecule has 0 aromatic heterocycles. The van der Waals surface area contributed by atoms with Crippen molar-refractivity contribution in [3.8, 4) is 17.2 Å². The Balaban J connectivity index is 1.53. The number of nitrogens with one attached hydrogen (secondary N) is 1. The number of esters is 1. The predicted octanol–water partition coefficient (Wildman–Crippen LogP) is 3.44. The van der Waals surface area contributed by atoms with Gasteiger partial charge in [-0.05, 0) is 55.0 Å². The Morgan fingerprint density at radius 2 is 1.79 bits per heavy atom. The fraction of sp³-hybridized carbons (Fsp3) is 0.273. The maximum absolute atomic E-state index is 12.2. The van der Waals surface area contributed by atoms with Crippen LogP contribution in [0, 0.1) is 0 Å². The van der Waals surface area contributed by atoms with Gasteiger partial charge < -0.3 is 24.3 Å². The summed E-state index contributed by atoms with van der Waals surface area (Å²) >= 11 is 0. The SMILES string of the molecule is COc1ccc(NC(=O)[C@@H](C)OC(=O)/C=C/c2ccc3c(c2)OCCCO3)cc1. The van der Waals surface area contributed by atoms with Crippen LogP contribution in [0.15, 0.2) is 48.5 Å². The lowest BCUT2D eigenvalue weighted by atomic mass is 10.2. The number of carbonyl (C=O) groups is 2. The van der Waals surface area contributed by atoms with E-state index in [0.29, 0.717) is 36.1 Å². The molecule has 3 rings (SSSR count). The number of amides is 1. The van der Waals surface area contributed by atoms with Gasteiger partial charge in [-0.25, -0.2) is 4.79 Å². The van der Waals surface area contributed by atoms with E-state index in [1.165, 1.54) is 13.0 Å². The van der Waals surface area contributed by atoms with Gasteiger partial charge in [0.15, 0.2) is 17.6 Å². The third kappa shape index (κ3) is 5.75. The molecule has 0 saturated carbocycles. The van der Waals surface area contributed by atoms with Crippen LogP contribution < -0.4 is 19.5 Å². The van der Waals surface area contributed by atoms with E-state index in [1.54, 1.807) is 49.6 Å². The molecule has 1 heterocycles. The average molecular weight is 397 g/mol. The highest BCUT2D eigenvalue weighted by Crippen LogP contribution is 2.30. The average Bonchev–Trinajstić information content (AvgIpc) is 2.97. The van der Waals surface area contributed by atoms with Crippen molar-refractivity contribution < 1.29 is 28.5 Å². The minimum absolute atomic E-state index is 0.424. The summed E-state index contributed by atoms with van der Waals surface area (Å²) in [7, 11) is 1.56. The Bertz CT molecular complexity index is 891. The molecule has 7 heteroatoms. The Kier molecular flexibility index (Phi) is 6.73. The minimum Gasteiger partial charge on any atom is -0.497 e. The second-order valence-electron chi connectivity index (χ2n) is 6.39. The molecule has 1 aliphatic rings. The number of methoxy groups -OCH3 is 1. The maximum Gasteiger partial charge on any atom is 0.331 e. The van der Waals surface area contributed by atoms with Gasteiger partial charge in [0, 0.05) is 18.2 Å². The molecule has 29 heavy (non-hydrogen) atoms. The van der Waals surface area contributed by atoms with Gasteiger partial charge in [0.05, 0.1) is 20.3 Å². The lowest BCUT2D eigenvalue weighted by molar-refractivity contribution is -0.148. The molecular formula is C22H23NO6. The molecule has 0 saturated heterocycles. The zero-order valence-electron chi connectivity index (χ0n) is 16.3. The standard InChI is InChI=1S/C22H23NO6/c1-15(22(25)23-17-6-8-18(26-2)9-7-17)29-21(24)11-5-16-4-10-19-20(14-16)28-13-3-12-27-19/h4-11,14-15H,3,12-13H2,1-2H3,(H,23,25)/b11-5+/t15-/m1/s1. The summed E-state index contributed by atoms with van der Waals surface area (Å²) in [6.45, 7) is 2.71. The van der Waals surface area contributed by atoms with Crippen LogP contribution in [-0.4, -0.2) is 38.3 Å². The van der Waals surface area contributed by atoms with E-state index in [-0.39, 0.29) is 0 Å². The number of fused-ring (bicyclic) bond motifs is 1. The quantitative estimate of drug-likeness (QED) is 0.594. The molecule has 2 aromatic rings. The van der Waals surface area contributed by atoms with Gasteiger partial charge in [-0.3, -0.25) is 4.79 Å². The minimum atomic E-state index is -0.946. The van der Waals surface area contributed by atoms with Gasteiger partial charge in [-0.2, -0.15) is 0 Å². The van der Waals surface area contributed by atoms with Crippen molar-refractivity contribution in [2.45, 2.75) is 19.4 Å².